The molecule has 4 nitrogen and oxygen atoms in total. The molecular weight excluding hydrogens is 250 g/mol. The Morgan fingerprint density at radius 1 is 1.20 bits per heavy atom. The maximum absolute atomic E-state index is 5.26. The zero-order valence-electron chi connectivity index (χ0n) is 12.3. The number of pyridine rings is 2. The minimum Gasteiger partial charge on any atom is -0.495 e. The molecular formula is C16H21N3O. The lowest BCUT2D eigenvalue weighted by Crippen LogP contribution is -2.23. The van der Waals surface area contributed by atoms with Crippen molar-refractivity contribution in [1.29, 1.82) is 0 Å². The Bertz CT molecular complexity index is 540. The van der Waals surface area contributed by atoms with Crippen LogP contribution < -0.4 is 10.1 Å². The molecule has 2 heterocycles. The van der Waals surface area contributed by atoms with Gasteiger partial charge in [-0.15, -0.1) is 0 Å². The van der Waals surface area contributed by atoms with Crippen LogP contribution in [0.1, 0.15) is 36.2 Å². The molecule has 0 amide bonds. The van der Waals surface area contributed by atoms with E-state index in [1.165, 1.54) is 0 Å². The topological polar surface area (TPSA) is 47.0 Å². The van der Waals surface area contributed by atoms with Crippen LogP contribution in [0, 0.1) is 6.92 Å². The fraction of sp³-hybridized carbons (Fsp3) is 0.375. The summed E-state index contributed by atoms with van der Waals surface area (Å²) in [5.74, 6) is 0.769. The Labute approximate surface area is 120 Å². The van der Waals surface area contributed by atoms with Crippen molar-refractivity contribution in [2.24, 2.45) is 0 Å². The standard InChI is InChI=1S/C16H21N3O/c1-4-7-18-16(13-6-5-12(2)19-10-13)14-8-15(20-3)11-17-9-14/h5-6,8-11,16,18H,4,7H2,1-3H3. The van der Waals surface area contributed by atoms with Crippen LogP contribution in [0.4, 0.5) is 0 Å². The molecule has 0 aliphatic rings. The molecule has 1 N–H and O–H groups in total. The summed E-state index contributed by atoms with van der Waals surface area (Å²) in [5, 5.41) is 3.54. The number of hydrogen-bond donors (Lipinski definition) is 1. The molecule has 0 aliphatic carbocycles. The van der Waals surface area contributed by atoms with Gasteiger partial charge in [0.25, 0.3) is 0 Å². The fourth-order valence-electron chi connectivity index (χ4n) is 2.07. The molecule has 2 aromatic heterocycles. The van der Waals surface area contributed by atoms with Crippen LogP contribution in [-0.2, 0) is 0 Å². The van der Waals surface area contributed by atoms with Gasteiger partial charge in [-0.2, -0.15) is 0 Å². The van der Waals surface area contributed by atoms with E-state index in [9.17, 15) is 0 Å². The van der Waals surface area contributed by atoms with Gasteiger partial charge in [-0.05, 0) is 43.1 Å². The van der Waals surface area contributed by atoms with Gasteiger partial charge in [0, 0.05) is 18.1 Å². The largest absolute Gasteiger partial charge is 0.495 e. The average molecular weight is 271 g/mol. The van der Waals surface area contributed by atoms with Crippen LogP contribution in [0.2, 0.25) is 0 Å². The van der Waals surface area contributed by atoms with E-state index in [1.807, 2.05) is 31.5 Å². The first-order valence-corrected chi connectivity index (χ1v) is 6.89. The van der Waals surface area contributed by atoms with Crippen LogP contribution >= 0.6 is 0 Å². The van der Waals surface area contributed by atoms with E-state index in [2.05, 4.69) is 28.3 Å². The van der Waals surface area contributed by atoms with E-state index in [-0.39, 0.29) is 6.04 Å². The van der Waals surface area contributed by atoms with Crippen LogP contribution in [0.5, 0.6) is 5.75 Å². The predicted molar refractivity (Wildman–Crippen MR) is 79.9 cm³/mol. The first-order valence-electron chi connectivity index (χ1n) is 6.89. The highest BCUT2D eigenvalue weighted by molar-refractivity contribution is 5.33. The number of hydrogen-bond acceptors (Lipinski definition) is 4. The molecule has 0 saturated heterocycles. The van der Waals surface area contributed by atoms with Crippen LogP contribution in [0.3, 0.4) is 0 Å². The summed E-state index contributed by atoms with van der Waals surface area (Å²) < 4.78 is 5.26. The number of aromatic nitrogens is 2. The Kier molecular flexibility index (Phi) is 5.07. The smallest absolute Gasteiger partial charge is 0.137 e. The molecule has 1 unspecified atom stereocenters. The number of rotatable bonds is 6. The Balaban J connectivity index is 2.32. The van der Waals surface area contributed by atoms with Gasteiger partial charge in [-0.1, -0.05) is 13.0 Å². The van der Waals surface area contributed by atoms with Crippen LogP contribution in [0.15, 0.2) is 36.8 Å². The number of nitrogens with zero attached hydrogens (tertiary/aromatic N) is 2. The first kappa shape index (κ1) is 14.5. The summed E-state index contributed by atoms with van der Waals surface area (Å²) in [7, 11) is 1.66. The van der Waals surface area contributed by atoms with Crippen LogP contribution in [-0.4, -0.2) is 23.6 Å². The molecule has 4 heteroatoms. The zero-order valence-corrected chi connectivity index (χ0v) is 12.3. The van der Waals surface area contributed by atoms with Crippen molar-refractivity contribution in [2.75, 3.05) is 13.7 Å². The molecule has 0 aliphatic heterocycles. The molecule has 106 valence electrons. The number of aryl methyl sites for hydroxylation is 1. The first-order chi connectivity index (χ1) is 9.74. The van der Waals surface area contributed by atoms with Crippen molar-refractivity contribution in [3.05, 3.63) is 53.6 Å². The van der Waals surface area contributed by atoms with Gasteiger partial charge in [0.2, 0.25) is 0 Å². The van der Waals surface area contributed by atoms with Gasteiger partial charge >= 0.3 is 0 Å². The van der Waals surface area contributed by atoms with Crippen molar-refractivity contribution in [2.45, 2.75) is 26.3 Å². The highest BCUT2D eigenvalue weighted by atomic mass is 16.5. The minimum atomic E-state index is 0.0886. The second kappa shape index (κ2) is 7.01. The highest BCUT2D eigenvalue weighted by Crippen LogP contribution is 2.24. The monoisotopic (exact) mass is 271 g/mol. The zero-order chi connectivity index (χ0) is 14.4. The van der Waals surface area contributed by atoms with Gasteiger partial charge < -0.3 is 10.1 Å². The fourth-order valence-corrected chi connectivity index (χ4v) is 2.07. The van der Waals surface area contributed by atoms with Crippen molar-refractivity contribution in [1.82, 2.24) is 15.3 Å². The normalized spacial score (nSPS) is 12.2. The van der Waals surface area contributed by atoms with Crippen LogP contribution in [0.25, 0.3) is 0 Å². The molecule has 0 radical (unpaired) electrons. The van der Waals surface area contributed by atoms with E-state index < -0.39 is 0 Å². The van der Waals surface area contributed by atoms with E-state index in [1.54, 1.807) is 13.3 Å². The predicted octanol–water partition coefficient (Wildman–Crippen LogP) is 2.88. The summed E-state index contributed by atoms with van der Waals surface area (Å²) >= 11 is 0. The minimum absolute atomic E-state index is 0.0886. The summed E-state index contributed by atoms with van der Waals surface area (Å²) in [6.07, 6.45) is 6.58. The molecule has 2 aromatic rings. The van der Waals surface area contributed by atoms with Gasteiger partial charge in [0.05, 0.1) is 19.3 Å². The molecule has 0 fully saturated rings. The van der Waals surface area contributed by atoms with Crippen molar-refractivity contribution >= 4 is 0 Å². The Morgan fingerprint density at radius 3 is 2.70 bits per heavy atom. The summed E-state index contributed by atoms with van der Waals surface area (Å²) in [5.41, 5.74) is 3.24. The molecule has 0 aromatic carbocycles. The third-order valence-corrected chi connectivity index (χ3v) is 3.17. The second-order valence-corrected chi connectivity index (χ2v) is 4.78. The quantitative estimate of drug-likeness (QED) is 0.877. The van der Waals surface area contributed by atoms with Gasteiger partial charge in [0.15, 0.2) is 0 Å². The summed E-state index contributed by atoms with van der Waals surface area (Å²) in [4.78, 5) is 8.63. The lowest BCUT2D eigenvalue weighted by Gasteiger charge is -2.19. The van der Waals surface area contributed by atoms with Crippen molar-refractivity contribution in [3.8, 4) is 5.75 Å². The van der Waals surface area contributed by atoms with Gasteiger partial charge in [-0.25, -0.2) is 0 Å². The van der Waals surface area contributed by atoms with E-state index in [0.29, 0.717) is 0 Å². The maximum Gasteiger partial charge on any atom is 0.137 e. The van der Waals surface area contributed by atoms with Crippen molar-refractivity contribution < 1.29 is 4.74 Å². The van der Waals surface area contributed by atoms with Gasteiger partial charge in [-0.3, -0.25) is 9.97 Å². The lowest BCUT2D eigenvalue weighted by molar-refractivity contribution is 0.411. The SMILES string of the molecule is CCCNC(c1ccc(C)nc1)c1cncc(OC)c1. The Hall–Kier alpha value is -1.94. The molecule has 0 bridgehead atoms. The van der Waals surface area contributed by atoms with E-state index in [0.717, 1.165) is 35.5 Å². The van der Waals surface area contributed by atoms with Gasteiger partial charge in [0.1, 0.15) is 5.75 Å². The highest BCUT2D eigenvalue weighted by Gasteiger charge is 2.14. The van der Waals surface area contributed by atoms with Crippen molar-refractivity contribution in [3.63, 3.8) is 0 Å². The summed E-state index contributed by atoms with van der Waals surface area (Å²) in [6.45, 7) is 5.09. The Morgan fingerprint density at radius 2 is 2.05 bits per heavy atom. The molecule has 0 spiro atoms. The lowest BCUT2D eigenvalue weighted by atomic mass is 10.0. The second-order valence-electron chi connectivity index (χ2n) is 4.78. The maximum atomic E-state index is 5.26. The number of methoxy groups -OCH3 is 1. The molecule has 2 rings (SSSR count). The number of ether oxygens (including phenoxy) is 1. The molecule has 0 saturated carbocycles. The van der Waals surface area contributed by atoms with E-state index in [4.69, 9.17) is 4.74 Å². The molecule has 1 atom stereocenters. The average Bonchev–Trinajstić information content (AvgIpc) is 2.49. The third-order valence-electron chi connectivity index (χ3n) is 3.17. The molecule has 20 heavy (non-hydrogen) atoms. The number of nitrogens with one attached hydrogen (secondary N) is 1. The van der Waals surface area contributed by atoms with E-state index >= 15 is 0 Å². The summed E-state index contributed by atoms with van der Waals surface area (Å²) in [6, 6.07) is 6.24. The third kappa shape index (κ3) is 3.54.